The van der Waals surface area contributed by atoms with Gasteiger partial charge in [-0.15, -0.1) is 0 Å². The van der Waals surface area contributed by atoms with E-state index in [0.717, 1.165) is 5.69 Å². The quantitative estimate of drug-likeness (QED) is 0.881. The van der Waals surface area contributed by atoms with Crippen LogP contribution in [0.15, 0.2) is 12.1 Å². The van der Waals surface area contributed by atoms with Crippen molar-refractivity contribution in [1.82, 2.24) is 9.88 Å². The van der Waals surface area contributed by atoms with Crippen LogP contribution in [0.3, 0.4) is 0 Å². The third-order valence-corrected chi connectivity index (χ3v) is 3.09. The number of carbonyl (C=O) groups excluding carboxylic acids is 1. The van der Waals surface area contributed by atoms with Crippen LogP contribution in [0.2, 0.25) is 0 Å². The normalized spacial score (nSPS) is 11.8. The van der Waals surface area contributed by atoms with E-state index in [2.05, 4.69) is 4.98 Å². The molecule has 20 heavy (non-hydrogen) atoms. The van der Waals surface area contributed by atoms with Gasteiger partial charge in [-0.3, -0.25) is 4.79 Å². The second-order valence-corrected chi connectivity index (χ2v) is 6.23. The summed E-state index contributed by atoms with van der Waals surface area (Å²) >= 11 is 0. The number of amides is 1. The Balaban J connectivity index is 3.18. The summed E-state index contributed by atoms with van der Waals surface area (Å²) in [6.45, 7) is 10.2. The van der Waals surface area contributed by atoms with E-state index in [-0.39, 0.29) is 24.0 Å². The van der Waals surface area contributed by atoms with Crippen LogP contribution in [-0.4, -0.2) is 40.1 Å². The minimum atomic E-state index is -0.177. The highest BCUT2D eigenvalue weighted by molar-refractivity contribution is 5.95. The maximum absolute atomic E-state index is 12.5. The minimum absolute atomic E-state index is 0.0159. The van der Waals surface area contributed by atoms with Crippen molar-refractivity contribution in [2.45, 2.75) is 46.1 Å². The molecular weight excluding hydrogens is 254 g/mol. The van der Waals surface area contributed by atoms with Gasteiger partial charge in [0, 0.05) is 29.3 Å². The van der Waals surface area contributed by atoms with E-state index in [9.17, 15) is 4.79 Å². The first-order valence-electron chi connectivity index (χ1n) is 6.86. The van der Waals surface area contributed by atoms with Gasteiger partial charge in [0.05, 0.1) is 6.61 Å². The van der Waals surface area contributed by atoms with Crippen molar-refractivity contribution in [2.24, 2.45) is 0 Å². The van der Waals surface area contributed by atoms with Gasteiger partial charge in [-0.05, 0) is 26.0 Å². The predicted molar refractivity (Wildman–Crippen MR) is 80.6 cm³/mol. The molecule has 0 saturated carbocycles. The number of anilines is 1. The molecule has 0 aliphatic rings. The maximum atomic E-state index is 12.5. The average Bonchev–Trinajstić information content (AvgIpc) is 2.33. The minimum Gasteiger partial charge on any atom is -0.395 e. The van der Waals surface area contributed by atoms with E-state index in [0.29, 0.717) is 17.9 Å². The van der Waals surface area contributed by atoms with E-state index in [1.807, 2.05) is 34.6 Å². The SMILES string of the molecule is CC(C)N(CCO)C(=O)c1cc(N)nc(C(C)(C)C)c1. The summed E-state index contributed by atoms with van der Waals surface area (Å²) in [7, 11) is 0. The fourth-order valence-corrected chi connectivity index (χ4v) is 1.93. The number of hydrogen-bond acceptors (Lipinski definition) is 4. The zero-order valence-corrected chi connectivity index (χ0v) is 13.0. The van der Waals surface area contributed by atoms with E-state index < -0.39 is 0 Å². The highest BCUT2D eigenvalue weighted by atomic mass is 16.3. The Morgan fingerprint density at radius 3 is 2.45 bits per heavy atom. The van der Waals surface area contributed by atoms with Crippen molar-refractivity contribution >= 4 is 11.7 Å². The fourth-order valence-electron chi connectivity index (χ4n) is 1.93. The van der Waals surface area contributed by atoms with Crippen LogP contribution < -0.4 is 5.73 Å². The lowest BCUT2D eigenvalue weighted by Gasteiger charge is -2.27. The number of rotatable bonds is 4. The topological polar surface area (TPSA) is 79.5 Å². The molecule has 0 fully saturated rings. The number of aromatic nitrogens is 1. The van der Waals surface area contributed by atoms with Crippen LogP contribution in [0, 0.1) is 0 Å². The molecule has 112 valence electrons. The first-order chi connectivity index (χ1) is 9.16. The Hall–Kier alpha value is -1.62. The molecule has 0 spiro atoms. The molecule has 5 nitrogen and oxygen atoms in total. The molecule has 0 atom stereocenters. The first-order valence-corrected chi connectivity index (χ1v) is 6.86. The van der Waals surface area contributed by atoms with Gasteiger partial charge in [-0.1, -0.05) is 20.8 Å². The molecule has 0 aliphatic heterocycles. The summed E-state index contributed by atoms with van der Waals surface area (Å²) in [6.07, 6.45) is 0. The number of nitrogen functional groups attached to an aromatic ring is 1. The van der Waals surface area contributed by atoms with Crippen molar-refractivity contribution < 1.29 is 9.90 Å². The van der Waals surface area contributed by atoms with Gasteiger partial charge in [0.1, 0.15) is 5.82 Å². The molecule has 0 radical (unpaired) electrons. The monoisotopic (exact) mass is 279 g/mol. The van der Waals surface area contributed by atoms with Crippen LogP contribution in [0.4, 0.5) is 5.82 Å². The average molecular weight is 279 g/mol. The molecule has 1 rings (SSSR count). The number of nitrogens with two attached hydrogens (primary N) is 1. The second kappa shape index (κ2) is 6.22. The smallest absolute Gasteiger partial charge is 0.254 e. The number of aliphatic hydroxyl groups is 1. The number of nitrogens with zero attached hydrogens (tertiary/aromatic N) is 2. The molecule has 1 aromatic rings. The summed E-state index contributed by atoms with van der Waals surface area (Å²) in [5.41, 5.74) is 6.94. The molecule has 0 bridgehead atoms. The molecular formula is C15H25N3O2. The summed E-state index contributed by atoms with van der Waals surface area (Å²) in [6, 6.07) is 3.39. The van der Waals surface area contributed by atoms with E-state index in [4.69, 9.17) is 10.8 Å². The van der Waals surface area contributed by atoms with Crippen LogP contribution in [-0.2, 0) is 5.41 Å². The van der Waals surface area contributed by atoms with Gasteiger partial charge in [-0.2, -0.15) is 0 Å². The first kappa shape index (κ1) is 16.4. The zero-order valence-electron chi connectivity index (χ0n) is 13.0. The second-order valence-electron chi connectivity index (χ2n) is 6.23. The van der Waals surface area contributed by atoms with Gasteiger partial charge < -0.3 is 15.7 Å². The van der Waals surface area contributed by atoms with Crippen molar-refractivity contribution in [2.75, 3.05) is 18.9 Å². The molecule has 5 heteroatoms. The molecule has 0 unspecified atom stereocenters. The Kier molecular flexibility index (Phi) is 5.11. The third kappa shape index (κ3) is 3.93. The van der Waals surface area contributed by atoms with E-state index in [1.165, 1.54) is 0 Å². The van der Waals surface area contributed by atoms with Gasteiger partial charge in [0.2, 0.25) is 0 Å². The molecule has 0 aliphatic carbocycles. The van der Waals surface area contributed by atoms with Crippen LogP contribution >= 0.6 is 0 Å². The Morgan fingerprint density at radius 1 is 1.40 bits per heavy atom. The maximum Gasteiger partial charge on any atom is 0.254 e. The van der Waals surface area contributed by atoms with Crippen molar-refractivity contribution in [1.29, 1.82) is 0 Å². The van der Waals surface area contributed by atoms with Gasteiger partial charge >= 0.3 is 0 Å². The van der Waals surface area contributed by atoms with E-state index in [1.54, 1.807) is 17.0 Å². The Morgan fingerprint density at radius 2 is 2.00 bits per heavy atom. The van der Waals surface area contributed by atoms with Crippen LogP contribution in [0.5, 0.6) is 0 Å². The van der Waals surface area contributed by atoms with Gasteiger partial charge in [-0.25, -0.2) is 4.98 Å². The zero-order chi connectivity index (χ0) is 15.5. The molecule has 0 saturated heterocycles. The Bertz CT molecular complexity index is 478. The number of aliphatic hydroxyl groups excluding tert-OH is 1. The largest absolute Gasteiger partial charge is 0.395 e. The lowest BCUT2D eigenvalue weighted by molar-refractivity contribution is 0.0665. The summed E-state index contributed by atoms with van der Waals surface area (Å²) in [4.78, 5) is 18.5. The lowest BCUT2D eigenvalue weighted by atomic mass is 9.90. The molecule has 1 aromatic heterocycles. The van der Waals surface area contributed by atoms with Crippen LogP contribution in [0.25, 0.3) is 0 Å². The van der Waals surface area contributed by atoms with Crippen molar-refractivity contribution in [3.8, 4) is 0 Å². The molecule has 1 amide bonds. The number of carbonyl (C=O) groups is 1. The molecule has 3 N–H and O–H groups in total. The van der Waals surface area contributed by atoms with Crippen molar-refractivity contribution in [3.63, 3.8) is 0 Å². The highest BCUT2D eigenvalue weighted by Crippen LogP contribution is 2.23. The highest BCUT2D eigenvalue weighted by Gasteiger charge is 2.22. The summed E-state index contributed by atoms with van der Waals surface area (Å²) in [5, 5.41) is 9.09. The fraction of sp³-hybridized carbons (Fsp3) is 0.600. The third-order valence-electron chi connectivity index (χ3n) is 3.09. The van der Waals surface area contributed by atoms with Crippen LogP contribution in [0.1, 0.15) is 50.7 Å². The summed E-state index contributed by atoms with van der Waals surface area (Å²) < 4.78 is 0. The van der Waals surface area contributed by atoms with Gasteiger partial charge in [0.15, 0.2) is 0 Å². The lowest BCUT2D eigenvalue weighted by Crippen LogP contribution is -2.39. The summed E-state index contributed by atoms with van der Waals surface area (Å²) in [5.74, 6) is 0.210. The van der Waals surface area contributed by atoms with Crippen molar-refractivity contribution in [3.05, 3.63) is 23.4 Å². The molecule has 1 heterocycles. The number of hydrogen-bond donors (Lipinski definition) is 2. The van der Waals surface area contributed by atoms with E-state index >= 15 is 0 Å². The Labute approximate surface area is 120 Å². The molecule has 0 aromatic carbocycles. The standard InChI is InChI=1S/C15H25N3O2/c1-10(2)18(6-7-19)14(20)11-8-12(15(3,4)5)17-13(16)9-11/h8-10,19H,6-7H2,1-5H3,(H2,16,17). The van der Waals surface area contributed by atoms with Gasteiger partial charge in [0.25, 0.3) is 5.91 Å². The number of pyridine rings is 1. The predicted octanol–water partition coefficient (Wildman–Crippen LogP) is 1.80.